The Labute approximate surface area is 116 Å². The molecule has 0 aliphatic rings. The molecule has 0 radical (unpaired) electrons. The Kier molecular flexibility index (Phi) is 3.76. The van der Waals surface area contributed by atoms with Crippen LogP contribution in [0.3, 0.4) is 0 Å². The molecule has 1 aromatic heterocycles. The van der Waals surface area contributed by atoms with Gasteiger partial charge in [-0.15, -0.1) is 6.42 Å². The Bertz CT molecular complexity index is 756. The second-order valence-electron chi connectivity index (χ2n) is 4.47. The van der Waals surface area contributed by atoms with Crippen LogP contribution in [0.1, 0.15) is 0 Å². The van der Waals surface area contributed by atoms with Crippen molar-refractivity contribution < 1.29 is 9.90 Å². The van der Waals surface area contributed by atoms with Crippen molar-refractivity contribution in [3.8, 4) is 12.3 Å². The van der Waals surface area contributed by atoms with Crippen LogP contribution >= 0.6 is 0 Å². The number of hydrogen-bond donors (Lipinski definition) is 1. The second kappa shape index (κ2) is 5.49. The van der Waals surface area contributed by atoms with E-state index in [1.165, 1.54) is 4.57 Å². The first-order chi connectivity index (χ1) is 9.52. The molecule has 2 rings (SSSR count). The lowest BCUT2D eigenvalue weighted by atomic mass is 10.1. The number of hydrogen-bond acceptors (Lipinski definition) is 3. The van der Waals surface area contributed by atoms with Crippen LogP contribution in [0.25, 0.3) is 10.8 Å². The monoisotopic (exact) mass is 270 g/mol. The molecule has 0 saturated heterocycles. The van der Waals surface area contributed by atoms with Crippen LogP contribution < -0.4 is 10.5 Å². The molecule has 0 saturated carbocycles. The molecule has 0 amide bonds. The molecule has 1 heterocycles. The predicted octanol–water partition coefficient (Wildman–Crippen LogP) is 1.16. The van der Waals surface area contributed by atoms with Gasteiger partial charge in [-0.1, -0.05) is 5.92 Å². The number of aliphatic carboxylic acids is 1. The van der Waals surface area contributed by atoms with Crippen molar-refractivity contribution in [3.05, 3.63) is 40.8 Å². The van der Waals surface area contributed by atoms with Gasteiger partial charge in [0, 0.05) is 24.3 Å². The molecule has 2 aromatic rings. The molecule has 1 N–H and O–H groups in total. The van der Waals surface area contributed by atoms with E-state index >= 15 is 0 Å². The molecule has 5 nitrogen and oxygen atoms in total. The van der Waals surface area contributed by atoms with Crippen LogP contribution in [0, 0.1) is 12.3 Å². The number of carboxylic acids is 1. The topological polar surface area (TPSA) is 62.5 Å². The maximum Gasteiger partial charge on any atom is 0.323 e. The minimum atomic E-state index is -0.906. The van der Waals surface area contributed by atoms with Crippen molar-refractivity contribution in [1.29, 1.82) is 0 Å². The molecule has 0 unspecified atom stereocenters. The summed E-state index contributed by atoms with van der Waals surface area (Å²) in [5.41, 5.74) is 0.599. The average molecular weight is 270 g/mol. The summed E-state index contributed by atoms with van der Waals surface area (Å²) in [6.07, 6.45) is 6.86. The first kappa shape index (κ1) is 13.7. The third kappa shape index (κ3) is 2.64. The molecule has 0 aliphatic carbocycles. The fourth-order valence-electron chi connectivity index (χ4n) is 2.03. The van der Waals surface area contributed by atoms with Gasteiger partial charge in [0.15, 0.2) is 0 Å². The molecule has 0 spiro atoms. The van der Waals surface area contributed by atoms with Crippen LogP contribution in [0.2, 0.25) is 0 Å². The van der Waals surface area contributed by atoms with E-state index in [0.717, 1.165) is 11.1 Å². The number of nitrogens with zero attached hydrogens (tertiary/aromatic N) is 2. The minimum Gasteiger partial charge on any atom is -0.480 e. The summed E-state index contributed by atoms with van der Waals surface area (Å²) in [6.45, 7) is 0.134. The molecule has 0 bridgehead atoms. The van der Waals surface area contributed by atoms with Gasteiger partial charge in [0.1, 0.15) is 6.54 Å². The van der Waals surface area contributed by atoms with Crippen LogP contribution in [0.4, 0.5) is 5.69 Å². The summed E-state index contributed by atoms with van der Waals surface area (Å²) in [7, 11) is 1.69. The van der Waals surface area contributed by atoms with E-state index in [-0.39, 0.29) is 18.6 Å². The number of rotatable bonds is 4. The maximum absolute atomic E-state index is 12.1. The fourth-order valence-corrected chi connectivity index (χ4v) is 2.03. The van der Waals surface area contributed by atoms with Gasteiger partial charge in [-0.3, -0.25) is 9.59 Å². The van der Waals surface area contributed by atoms with Crippen molar-refractivity contribution in [2.24, 2.45) is 0 Å². The van der Waals surface area contributed by atoms with Crippen LogP contribution in [0.5, 0.6) is 0 Å². The number of fused-ring (bicyclic) bond motifs is 1. The van der Waals surface area contributed by atoms with E-state index in [2.05, 4.69) is 5.92 Å². The summed E-state index contributed by atoms with van der Waals surface area (Å²) in [5, 5.41) is 10.1. The number of likely N-dealkylation sites (N-methyl/N-ethyl adjacent to an activating group) is 1. The van der Waals surface area contributed by atoms with Gasteiger partial charge in [0.05, 0.1) is 6.54 Å². The highest BCUT2D eigenvalue weighted by atomic mass is 16.4. The highest BCUT2D eigenvalue weighted by molar-refractivity contribution is 5.85. The Morgan fingerprint density at radius 3 is 2.85 bits per heavy atom. The average Bonchev–Trinajstić information content (AvgIpc) is 2.41. The maximum atomic E-state index is 12.1. The molecular formula is C15H14N2O3. The third-order valence-corrected chi connectivity index (χ3v) is 3.04. The van der Waals surface area contributed by atoms with E-state index in [1.54, 1.807) is 42.4 Å². The Balaban J connectivity index is 2.47. The van der Waals surface area contributed by atoms with Crippen LogP contribution in [-0.2, 0) is 11.3 Å². The van der Waals surface area contributed by atoms with Gasteiger partial charge >= 0.3 is 5.97 Å². The summed E-state index contributed by atoms with van der Waals surface area (Å²) < 4.78 is 1.46. The summed E-state index contributed by atoms with van der Waals surface area (Å²) >= 11 is 0. The van der Waals surface area contributed by atoms with E-state index in [9.17, 15) is 9.59 Å². The lowest BCUT2D eigenvalue weighted by Gasteiger charge is -2.17. The molecule has 5 heteroatoms. The largest absolute Gasteiger partial charge is 0.480 e. The quantitative estimate of drug-likeness (QED) is 0.847. The first-order valence-electron chi connectivity index (χ1n) is 6.02. The standard InChI is InChI=1S/C15H14N2O3/c1-3-7-17-8-6-11-9-12(16(2)10-14(18)19)4-5-13(11)15(17)20/h1,4-6,8-9H,7,10H2,2H3,(H,18,19). The highest BCUT2D eigenvalue weighted by Crippen LogP contribution is 2.19. The minimum absolute atomic E-state index is 0.0976. The lowest BCUT2D eigenvalue weighted by Crippen LogP contribution is -2.25. The third-order valence-electron chi connectivity index (χ3n) is 3.04. The highest BCUT2D eigenvalue weighted by Gasteiger charge is 2.08. The molecule has 1 aromatic carbocycles. The zero-order valence-corrected chi connectivity index (χ0v) is 11.0. The van der Waals surface area contributed by atoms with Crippen molar-refractivity contribution in [1.82, 2.24) is 4.57 Å². The molecule has 0 aliphatic heterocycles. The number of anilines is 1. The zero-order valence-electron chi connectivity index (χ0n) is 11.0. The van der Waals surface area contributed by atoms with Gasteiger partial charge in [-0.25, -0.2) is 0 Å². The molecule has 0 atom stereocenters. The van der Waals surface area contributed by atoms with Crippen LogP contribution in [-0.4, -0.2) is 29.2 Å². The Morgan fingerprint density at radius 1 is 1.45 bits per heavy atom. The van der Waals surface area contributed by atoms with Crippen LogP contribution in [0.15, 0.2) is 35.3 Å². The number of benzene rings is 1. The number of carbonyl (C=O) groups is 1. The van der Waals surface area contributed by atoms with E-state index in [1.807, 2.05) is 0 Å². The van der Waals surface area contributed by atoms with Crippen molar-refractivity contribution in [2.45, 2.75) is 6.54 Å². The first-order valence-corrected chi connectivity index (χ1v) is 6.02. The Morgan fingerprint density at radius 2 is 2.20 bits per heavy atom. The van der Waals surface area contributed by atoms with Gasteiger partial charge in [0.25, 0.3) is 5.56 Å². The smallest absolute Gasteiger partial charge is 0.323 e. The van der Waals surface area contributed by atoms with E-state index < -0.39 is 5.97 Å². The molecule has 20 heavy (non-hydrogen) atoms. The Hall–Kier alpha value is -2.74. The van der Waals surface area contributed by atoms with Crippen molar-refractivity contribution in [2.75, 3.05) is 18.5 Å². The predicted molar refractivity (Wildman–Crippen MR) is 77.9 cm³/mol. The van der Waals surface area contributed by atoms with Gasteiger partial charge < -0.3 is 14.6 Å². The van der Waals surface area contributed by atoms with Crippen molar-refractivity contribution >= 4 is 22.4 Å². The van der Waals surface area contributed by atoms with E-state index in [4.69, 9.17) is 11.5 Å². The molecule has 0 fully saturated rings. The summed E-state index contributed by atoms with van der Waals surface area (Å²) in [4.78, 5) is 24.4. The number of aromatic nitrogens is 1. The summed E-state index contributed by atoms with van der Waals surface area (Å²) in [6, 6.07) is 7.01. The molecule has 102 valence electrons. The number of terminal acetylenes is 1. The second-order valence-corrected chi connectivity index (χ2v) is 4.47. The van der Waals surface area contributed by atoms with E-state index in [0.29, 0.717) is 5.39 Å². The van der Waals surface area contributed by atoms with Gasteiger partial charge in [-0.2, -0.15) is 0 Å². The number of carboxylic acid groups (broad SMARTS) is 1. The summed E-state index contributed by atoms with van der Waals surface area (Å²) in [5.74, 6) is 1.52. The van der Waals surface area contributed by atoms with Gasteiger partial charge in [-0.05, 0) is 29.7 Å². The lowest BCUT2D eigenvalue weighted by molar-refractivity contribution is -0.135. The van der Waals surface area contributed by atoms with Crippen molar-refractivity contribution in [3.63, 3.8) is 0 Å². The fraction of sp³-hybridized carbons (Fsp3) is 0.200. The molecular weight excluding hydrogens is 256 g/mol. The SMILES string of the molecule is C#CCn1ccc2cc(N(C)CC(=O)O)ccc2c1=O. The number of pyridine rings is 1. The normalized spacial score (nSPS) is 10.2. The zero-order chi connectivity index (χ0) is 14.7. The van der Waals surface area contributed by atoms with Gasteiger partial charge in [0.2, 0.25) is 0 Å².